The van der Waals surface area contributed by atoms with Gasteiger partial charge in [-0.3, -0.25) is 9.69 Å². The third-order valence-corrected chi connectivity index (χ3v) is 19.1. The molecule has 0 bridgehead atoms. The van der Waals surface area contributed by atoms with Crippen LogP contribution >= 0.6 is 0 Å². The van der Waals surface area contributed by atoms with Gasteiger partial charge in [-0.25, -0.2) is 0 Å². The Kier molecular flexibility index (Phi) is 9.92. The molecule has 2 N–H and O–H groups in total. The predicted octanol–water partition coefficient (Wildman–Crippen LogP) is 8.29. The van der Waals surface area contributed by atoms with E-state index < -0.39 is 29.9 Å². The van der Waals surface area contributed by atoms with Crippen LogP contribution in [0.4, 0.5) is 0 Å². The molecule has 14 atom stereocenters. The van der Waals surface area contributed by atoms with Gasteiger partial charge in [-0.1, -0.05) is 60.3 Å². The first-order valence-corrected chi connectivity index (χ1v) is 22.5. The summed E-state index contributed by atoms with van der Waals surface area (Å²) in [6.07, 6.45) is 15.0. The van der Waals surface area contributed by atoms with Gasteiger partial charge in [0.05, 0.1) is 43.2 Å². The predicted molar refractivity (Wildman–Crippen MR) is 209 cm³/mol. The highest BCUT2D eigenvalue weighted by atomic mass is 16.7. The number of rotatable bonds is 7. The van der Waals surface area contributed by atoms with Gasteiger partial charge in [-0.05, 0) is 143 Å². The molecule has 0 aromatic carbocycles. The number of carbonyl (C=O) groups excluding carboxylic acids is 1. The lowest BCUT2D eigenvalue weighted by Gasteiger charge is -2.64. The zero-order valence-electron chi connectivity index (χ0n) is 35.8. The van der Waals surface area contributed by atoms with Crippen molar-refractivity contribution in [3.8, 4) is 0 Å². The van der Waals surface area contributed by atoms with Crippen molar-refractivity contribution in [2.24, 2.45) is 56.7 Å². The average Bonchev–Trinajstić information content (AvgIpc) is 3.81. The van der Waals surface area contributed by atoms with Crippen LogP contribution in [0.1, 0.15) is 159 Å². The van der Waals surface area contributed by atoms with Crippen molar-refractivity contribution >= 4 is 5.97 Å². The third kappa shape index (κ3) is 5.73. The van der Waals surface area contributed by atoms with Crippen molar-refractivity contribution in [3.63, 3.8) is 0 Å². The van der Waals surface area contributed by atoms with E-state index in [0.29, 0.717) is 23.7 Å². The summed E-state index contributed by atoms with van der Waals surface area (Å²) in [6, 6.07) is 0. The molecule has 6 aliphatic carbocycles. The van der Waals surface area contributed by atoms with E-state index in [9.17, 15) is 15.0 Å². The molecule has 2 heterocycles. The summed E-state index contributed by atoms with van der Waals surface area (Å²) in [5.74, 6) is 1.88. The number of morpholine rings is 1. The molecule has 0 aromatic heterocycles. The molecule has 8 fully saturated rings. The summed E-state index contributed by atoms with van der Waals surface area (Å²) in [5, 5.41) is 23.8. The van der Waals surface area contributed by atoms with Gasteiger partial charge in [0.25, 0.3) is 0 Å². The minimum Gasteiger partial charge on any atom is -0.457 e. The lowest BCUT2D eigenvalue weighted by atomic mass is 9.41. The highest BCUT2D eigenvalue weighted by Gasteiger charge is 2.84. The zero-order chi connectivity index (χ0) is 38.9. The van der Waals surface area contributed by atoms with Crippen LogP contribution in [0.2, 0.25) is 0 Å². The summed E-state index contributed by atoms with van der Waals surface area (Å²) in [4.78, 5) is 14.9. The molecule has 2 aliphatic heterocycles. The fourth-order valence-electron chi connectivity index (χ4n) is 16.3. The molecule has 0 radical (unpaired) electrons. The van der Waals surface area contributed by atoms with Crippen molar-refractivity contribution in [1.29, 1.82) is 0 Å². The molecular formula is C46H77NO7. The number of hydrogen-bond donors (Lipinski definition) is 2. The van der Waals surface area contributed by atoms with Gasteiger partial charge in [-0.2, -0.15) is 0 Å². The fraction of sp³-hybridized carbons (Fsp3) is 0.978. The third-order valence-electron chi connectivity index (χ3n) is 19.1. The maximum atomic E-state index is 12.7. The molecule has 14 unspecified atom stereocenters. The first-order chi connectivity index (χ1) is 25.2. The van der Waals surface area contributed by atoms with Crippen LogP contribution in [0.3, 0.4) is 0 Å². The van der Waals surface area contributed by atoms with Crippen molar-refractivity contribution in [1.82, 2.24) is 4.90 Å². The Morgan fingerprint density at radius 3 is 2.24 bits per heavy atom. The SMILES string of the molecule is CC(=O)OC(C1CC(C)C2C(O1)C(O)C1(C)C3CCC4C(C)(C)C(OC5CN(C(C)(C)C6CCCCCC6)CCO5)CCC45CC35CCC21C)C(C)(C)O. The van der Waals surface area contributed by atoms with E-state index >= 15 is 0 Å². The summed E-state index contributed by atoms with van der Waals surface area (Å²) in [5.41, 5.74) is -0.787. The van der Waals surface area contributed by atoms with Crippen molar-refractivity contribution in [3.05, 3.63) is 0 Å². The second kappa shape index (κ2) is 13.4. The topological polar surface area (TPSA) is 97.7 Å². The Labute approximate surface area is 327 Å². The Bertz CT molecular complexity index is 1420. The van der Waals surface area contributed by atoms with E-state index in [1.807, 2.05) is 0 Å². The number of fused-ring (bicyclic) bond motifs is 4. The van der Waals surface area contributed by atoms with Crippen LogP contribution in [0.15, 0.2) is 0 Å². The van der Waals surface area contributed by atoms with Crippen molar-refractivity contribution in [2.45, 2.75) is 207 Å². The van der Waals surface area contributed by atoms with E-state index in [4.69, 9.17) is 18.9 Å². The minimum atomic E-state index is -1.25. The van der Waals surface area contributed by atoms with Crippen LogP contribution in [-0.2, 0) is 23.7 Å². The molecule has 2 saturated heterocycles. The summed E-state index contributed by atoms with van der Waals surface area (Å²) in [6.45, 7) is 24.6. The highest BCUT2D eigenvalue weighted by molar-refractivity contribution is 5.66. The first-order valence-electron chi connectivity index (χ1n) is 22.5. The van der Waals surface area contributed by atoms with Gasteiger partial charge >= 0.3 is 5.97 Å². The summed E-state index contributed by atoms with van der Waals surface area (Å²) >= 11 is 0. The summed E-state index contributed by atoms with van der Waals surface area (Å²) in [7, 11) is 0. The standard InChI is InChI=1S/C46H77NO7/c1-28-25-31(39(42(7,8)50)52-29(2)48)53-37-36(28)43(9)21-22-46-27-45(46)20-19-34(40(3,4)32(45)17-18-33(46)44(43,10)38(37)49)54-35-26-47(23-24-51-35)41(5,6)30-15-13-11-12-14-16-30/h28,30-39,49-50H,11-27H2,1-10H3. The smallest absolute Gasteiger partial charge is 0.303 e. The van der Waals surface area contributed by atoms with Crippen LogP contribution in [0.25, 0.3) is 0 Å². The number of aliphatic hydroxyl groups excluding tert-OH is 1. The molecule has 6 saturated carbocycles. The molecule has 308 valence electrons. The first kappa shape index (κ1) is 40.0. The van der Waals surface area contributed by atoms with Gasteiger partial charge in [0.2, 0.25) is 0 Å². The maximum Gasteiger partial charge on any atom is 0.303 e. The lowest BCUT2D eigenvalue weighted by molar-refractivity contribution is -0.255. The maximum absolute atomic E-state index is 12.7. The van der Waals surface area contributed by atoms with Gasteiger partial charge in [0, 0.05) is 24.4 Å². The molecule has 8 rings (SSSR count). The Morgan fingerprint density at radius 1 is 0.907 bits per heavy atom. The molecule has 8 aliphatic rings. The number of hydrogen-bond acceptors (Lipinski definition) is 8. The van der Waals surface area contributed by atoms with Crippen molar-refractivity contribution < 1.29 is 34.0 Å². The van der Waals surface area contributed by atoms with Crippen LogP contribution in [-0.4, -0.2) is 88.7 Å². The monoisotopic (exact) mass is 756 g/mol. The van der Waals surface area contributed by atoms with Crippen LogP contribution < -0.4 is 0 Å². The number of nitrogens with zero attached hydrogens (tertiary/aromatic N) is 1. The molecular weight excluding hydrogens is 679 g/mol. The Morgan fingerprint density at radius 2 is 1.57 bits per heavy atom. The van der Waals surface area contributed by atoms with E-state index in [2.05, 4.69) is 53.4 Å². The van der Waals surface area contributed by atoms with Crippen LogP contribution in [0, 0.1) is 56.7 Å². The highest BCUT2D eigenvalue weighted by Crippen LogP contribution is 2.89. The number of carbonyl (C=O) groups is 1. The van der Waals surface area contributed by atoms with Crippen LogP contribution in [0.5, 0.6) is 0 Å². The van der Waals surface area contributed by atoms with Gasteiger partial charge < -0.3 is 29.2 Å². The molecule has 0 amide bonds. The number of ether oxygens (including phenoxy) is 4. The van der Waals surface area contributed by atoms with E-state index in [1.54, 1.807) is 13.8 Å². The quantitative estimate of drug-likeness (QED) is 0.198. The largest absolute Gasteiger partial charge is 0.457 e. The molecule has 54 heavy (non-hydrogen) atoms. The Hall–Kier alpha value is -0.770. The van der Waals surface area contributed by atoms with E-state index in [1.165, 1.54) is 71.1 Å². The van der Waals surface area contributed by atoms with Crippen molar-refractivity contribution in [2.75, 3.05) is 19.7 Å². The second-order valence-corrected chi connectivity index (χ2v) is 22.5. The molecule has 8 heteroatoms. The lowest BCUT2D eigenvalue weighted by Crippen LogP contribution is -2.61. The molecule has 2 spiro atoms. The van der Waals surface area contributed by atoms with Gasteiger partial charge in [-0.15, -0.1) is 0 Å². The van der Waals surface area contributed by atoms with E-state index in [0.717, 1.165) is 44.9 Å². The normalized spacial score (nSPS) is 48.6. The fourth-order valence-corrected chi connectivity index (χ4v) is 16.3. The average molecular weight is 756 g/mol. The molecule has 0 aromatic rings. The van der Waals surface area contributed by atoms with E-state index in [-0.39, 0.29) is 57.5 Å². The molecule has 8 nitrogen and oxygen atoms in total. The Balaban J connectivity index is 0.991. The number of aliphatic hydroxyl groups is 2. The second-order valence-electron chi connectivity index (χ2n) is 22.5. The van der Waals surface area contributed by atoms with Gasteiger partial charge in [0.15, 0.2) is 12.4 Å². The number of esters is 1. The zero-order valence-corrected chi connectivity index (χ0v) is 35.8. The minimum absolute atomic E-state index is 0.0484. The van der Waals surface area contributed by atoms with Gasteiger partial charge in [0.1, 0.15) is 0 Å². The summed E-state index contributed by atoms with van der Waals surface area (Å²) < 4.78 is 26.2.